The normalized spacial score (nSPS) is 18.1. The van der Waals surface area contributed by atoms with Crippen LogP contribution in [0.15, 0.2) is 102 Å². The molecule has 0 bridgehead atoms. The van der Waals surface area contributed by atoms with Crippen LogP contribution in [0.25, 0.3) is 0 Å². The number of aliphatic imine (C=N–C) groups is 1. The molecule has 0 radical (unpaired) electrons. The molecule has 4 nitrogen and oxygen atoms in total. The molecule has 0 saturated carbocycles. The van der Waals surface area contributed by atoms with E-state index in [0.29, 0.717) is 22.5 Å². The Kier molecular flexibility index (Phi) is 4.39. The van der Waals surface area contributed by atoms with Crippen molar-refractivity contribution >= 4 is 28.8 Å². The van der Waals surface area contributed by atoms with Crippen LogP contribution in [0.1, 0.15) is 43.0 Å². The Labute approximate surface area is 198 Å². The Morgan fingerprint density at radius 1 is 0.794 bits per heavy atom. The van der Waals surface area contributed by atoms with Gasteiger partial charge in [-0.1, -0.05) is 90.0 Å². The summed E-state index contributed by atoms with van der Waals surface area (Å²) in [6.07, 6.45) is 0. The molecule has 0 saturated heterocycles. The van der Waals surface area contributed by atoms with E-state index in [0.717, 1.165) is 22.3 Å². The van der Waals surface area contributed by atoms with Crippen LogP contribution >= 0.6 is 0 Å². The quantitative estimate of drug-likeness (QED) is 0.356. The number of hydrogen-bond donors (Lipinski definition) is 0. The van der Waals surface area contributed by atoms with Gasteiger partial charge >= 0.3 is 0 Å². The second-order valence-electron chi connectivity index (χ2n) is 8.91. The average Bonchev–Trinajstić information content (AvgIpc) is 3.13. The number of benzene rings is 4. The molecule has 0 amide bonds. The van der Waals surface area contributed by atoms with Crippen molar-refractivity contribution in [3.05, 3.63) is 130 Å². The third-order valence-corrected chi connectivity index (χ3v) is 6.71. The molecule has 1 unspecified atom stereocenters. The smallest absolute Gasteiger partial charge is 0.228 e. The Morgan fingerprint density at radius 2 is 1.44 bits per heavy atom. The molecular formula is C30H22N2O2. The molecule has 0 aromatic heterocycles. The van der Waals surface area contributed by atoms with Gasteiger partial charge in [-0.3, -0.25) is 9.59 Å². The van der Waals surface area contributed by atoms with Gasteiger partial charge in [0.1, 0.15) is 0 Å². The van der Waals surface area contributed by atoms with E-state index in [2.05, 4.69) is 0 Å². The second-order valence-corrected chi connectivity index (χ2v) is 8.91. The summed E-state index contributed by atoms with van der Waals surface area (Å²) >= 11 is 0. The van der Waals surface area contributed by atoms with Crippen molar-refractivity contribution in [3.63, 3.8) is 0 Å². The van der Waals surface area contributed by atoms with Crippen molar-refractivity contribution in [2.75, 3.05) is 4.90 Å². The summed E-state index contributed by atoms with van der Waals surface area (Å²) in [7, 11) is 0. The van der Waals surface area contributed by atoms with E-state index in [-0.39, 0.29) is 17.4 Å². The Hall–Kier alpha value is -4.31. The van der Waals surface area contributed by atoms with E-state index >= 15 is 0 Å². The lowest BCUT2D eigenvalue weighted by Crippen LogP contribution is -2.55. The Morgan fingerprint density at radius 3 is 2.18 bits per heavy atom. The van der Waals surface area contributed by atoms with E-state index in [1.165, 1.54) is 0 Å². The summed E-state index contributed by atoms with van der Waals surface area (Å²) in [6.45, 7) is 3.98. The van der Waals surface area contributed by atoms with E-state index in [4.69, 9.17) is 4.99 Å². The van der Waals surface area contributed by atoms with Crippen LogP contribution in [0.2, 0.25) is 0 Å². The highest BCUT2D eigenvalue weighted by molar-refractivity contribution is 6.52. The number of hydrogen-bond acceptors (Lipinski definition) is 4. The number of rotatable bonds is 3. The van der Waals surface area contributed by atoms with Crippen LogP contribution < -0.4 is 4.90 Å². The van der Waals surface area contributed by atoms with Crippen LogP contribution in [-0.4, -0.2) is 17.4 Å². The molecule has 0 fully saturated rings. The molecule has 164 valence electrons. The average molecular weight is 443 g/mol. The number of nitrogens with zero attached hydrogens (tertiary/aromatic N) is 2. The van der Waals surface area contributed by atoms with Crippen molar-refractivity contribution in [1.29, 1.82) is 0 Å². The van der Waals surface area contributed by atoms with Crippen molar-refractivity contribution in [3.8, 4) is 0 Å². The molecule has 2 aliphatic rings. The maximum atomic E-state index is 14.5. The van der Waals surface area contributed by atoms with Gasteiger partial charge in [-0.15, -0.1) is 0 Å². The van der Waals surface area contributed by atoms with Crippen molar-refractivity contribution < 1.29 is 9.59 Å². The first-order valence-corrected chi connectivity index (χ1v) is 11.3. The molecule has 0 N–H and O–H groups in total. The second kappa shape index (κ2) is 7.35. The molecule has 4 aromatic rings. The predicted octanol–water partition coefficient (Wildman–Crippen LogP) is 6.18. The predicted molar refractivity (Wildman–Crippen MR) is 134 cm³/mol. The summed E-state index contributed by atoms with van der Waals surface area (Å²) in [5.74, 6) is -0.00627. The van der Waals surface area contributed by atoms with E-state index in [1.54, 1.807) is 12.1 Å². The molecule has 0 aliphatic carbocycles. The number of carbonyl (C=O) groups excluding carboxylic acids is 2. The molecular weight excluding hydrogens is 420 g/mol. The van der Waals surface area contributed by atoms with Crippen LogP contribution in [0.4, 0.5) is 11.4 Å². The fourth-order valence-electron chi connectivity index (χ4n) is 5.19. The maximum Gasteiger partial charge on any atom is 0.228 e. The zero-order valence-corrected chi connectivity index (χ0v) is 18.9. The van der Waals surface area contributed by atoms with E-state index in [9.17, 15) is 9.59 Å². The van der Waals surface area contributed by atoms with Gasteiger partial charge in [0.25, 0.3) is 0 Å². The van der Waals surface area contributed by atoms with Gasteiger partial charge in [-0.05, 0) is 37.6 Å². The molecule has 2 heterocycles. The molecule has 4 heteroatoms. The fraction of sp³-hybridized carbons (Fsp3) is 0.100. The summed E-state index contributed by atoms with van der Waals surface area (Å²) in [6, 6.07) is 30.6. The number of fused-ring (bicyclic) bond motifs is 5. The van der Waals surface area contributed by atoms with Crippen molar-refractivity contribution in [1.82, 2.24) is 0 Å². The lowest BCUT2D eigenvalue weighted by atomic mass is 9.76. The third-order valence-electron chi connectivity index (χ3n) is 6.71. The van der Waals surface area contributed by atoms with Crippen LogP contribution in [-0.2, 0) is 5.54 Å². The largest absolute Gasteiger partial charge is 0.300 e. The van der Waals surface area contributed by atoms with Crippen LogP contribution in [0, 0.1) is 13.8 Å². The maximum absolute atomic E-state index is 14.5. The van der Waals surface area contributed by atoms with Gasteiger partial charge in [0, 0.05) is 16.7 Å². The number of amidine groups is 1. The molecule has 0 spiro atoms. The topological polar surface area (TPSA) is 49.7 Å². The van der Waals surface area contributed by atoms with Gasteiger partial charge in [-0.2, -0.15) is 0 Å². The molecule has 4 aromatic carbocycles. The Bertz CT molecular complexity index is 1510. The first kappa shape index (κ1) is 20.3. The summed E-state index contributed by atoms with van der Waals surface area (Å²) in [5, 5.41) is 0. The summed E-state index contributed by atoms with van der Waals surface area (Å²) < 4.78 is 0. The minimum absolute atomic E-state index is 0.0440. The van der Waals surface area contributed by atoms with Gasteiger partial charge < -0.3 is 4.90 Å². The molecule has 2 aliphatic heterocycles. The van der Waals surface area contributed by atoms with Crippen LogP contribution in [0.5, 0.6) is 0 Å². The summed E-state index contributed by atoms with van der Waals surface area (Å²) in [4.78, 5) is 35.1. The SMILES string of the molecule is Cc1ccc2c(c1)C(=O)C1(c3ccccc3)c3cc(C)ccc3N=C(C(=O)c3ccccc3)N21. The van der Waals surface area contributed by atoms with Gasteiger partial charge in [0.2, 0.25) is 5.78 Å². The fourth-order valence-corrected chi connectivity index (χ4v) is 5.19. The lowest BCUT2D eigenvalue weighted by Gasteiger charge is -2.43. The first-order valence-electron chi connectivity index (χ1n) is 11.3. The number of ketones is 2. The highest BCUT2D eigenvalue weighted by Crippen LogP contribution is 2.54. The monoisotopic (exact) mass is 442 g/mol. The standard InChI is InChI=1S/C30H22N2O2/c1-19-14-16-26-23(17-19)28(34)30(22-11-7-4-8-12-22)24-18-20(2)13-15-25(24)31-29(32(26)30)27(33)21-9-5-3-6-10-21/h3-18H,1-2H3. The minimum Gasteiger partial charge on any atom is -0.300 e. The number of Topliss-reactive ketones (excluding diaryl/α,β-unsaturated/α-hetero) is 2. The van der Waals surface area contributed by atoms with E-state index in [1.807, 2.05) is 104 Å². The van der Waals surface area contributed by atoms with Gasteiger partial charge in [0.15, 0.2) is 17.2 Å². The highest BCUT2D eigenvalue weighted by Gasteiger charge is 2.59. The number of carbonyl (C=O) groups is 2. The number of aryl methyl sites for hydroxylation is 2. The van der Waals surface area contributed by atoms with Crippen molar-refractivity contribution in [2.24, 2.45) is 4.99 Å². The highest BCUT2D eigenvalue weighted by atomic mass is 16.1. The first-order chi connectivity index (χ1) is 16.5. The molecule has 1 atom stereocenters. The van der Waals surface area contributed by atoms with Gasteiger partial charge in [-0.25, -0.2) is 4.99 Å². The van der Waals surface area contributed by atoms with E-state index < -0.39 is 5.54 Å². The van der Waals surface area contributed by atoms with Crippen LogP contribution in [0.3, 0.4) is 0 Å². The van der Waals surface area contributed by atoms with Crippen molar-refractivity contribution in [2.45, 2.75) is 19.4 Å². The summed E-state index contributed by atoms with van der Waals surface area (Å²) in [5.41, 5.74) is 4.90. The Balaban J connectivity index is 1.74. The molecule has 6 rings (SSSR count). The zero-order chi connectivity index (χ0) is 23.4. The lowest BCUT2D eigenvalue weighted by molar-refractivity contribution is 0.0931. The van der Waals surface area contributed by atoms with Gasteiger partial charge in [0.05, 0.1) is 11.4 Å². The number of anilines is 1. The minimum atomic E-state index is -1.21. The zero-order valence-electron chi connectivity index (χ0n) is 18.9. The molecule has 34 heavy (non-hydrogen) atoms. The third kappa shape index (κ3) is 2.69.